The number of nitrogens with zero attached hydrogens (tertiary/aromatic N) is 1. The molecule has 0 radical (unpaired) electrons. The van der Waals surface area contributed by atoms with E-state index >= 15 is 0 Å². The van der Waals surface area contributed by atoms with Crippen molar-refractivity contribution in [1.82, 2.24) is 0 Å². The van der Waals surface area contributed by atoms with Crippen molar-refractivity contribution in [3.8, 4) is 0 Å². The Labute approximate surface area is 98.4 Å². The zero-order valence-corrected chi connectivity index (χ0v) is 9.21. The fourth-order valence-corrected chi connectivity index (χ4v) is 1.98. The average molecular weight is 237 g/mol. The topological polar surface area (TPSA) is 113 Å². The monoisotopic (exact) mass is 237 g/mol. The van der Waals surface area contributed by atoms with Crippen molar-refractivity contribution in [2.24, 2.45) is 5.73 Å². The second-order valence-electron chi connectivity index (χ2n) is 4.18. The van der Waals surface area contributed by atoms with Crippen LogP contribution in [-0.4, -0.2) is 41.4 Å². The van der Waals surface area contributed by atoms with Gasteiger partial charge < -0.3 is 26.6 Å². The van der Waals surface area contributed by atoms with Crippen molar-refractivity contribution in [2.45, 2.75) is 12.2 Å². The van der Waals surface area contributed by atoms with Gasteiger partial charge in [-0.1, -0.05) is 0 Å². The number of carbonyl (C=O) groups excluding carboxylic acids is 1. The highest BCUT2D eigenvalue weighted by Crippen LogP contribution is 2.27. The number of benzene rings is 1. The van der Waals surface area contributed by atoms with Gasteiger partial charge in [0.25, 0.3) is 5.91 Å². The van der Waals surface area contributed by atoms with Gasteiger partial charge in [-0.05, 0) is 18.2 Å². The van der Waals surface area contributed by atoms with E-state index in [2.05, 4.69) is 0 Å². The number of amides is 1. The summed E-state index contributed by atoms with van der Waals surface area (Å²) in [7, 11) is 0. The molecule has 2 atom stereocenters. The van der Waals surface area contributed by atoms with Crippen LogP contribution in [0.4, 0.5) is 11.4 Å². The van der Waals surface area contributed by atoms with Gasteiger partial charge in [-0.15, -0.1) is 0 Å². The molecule has 2 rings (SSSR count). The normalized spacial score (nSPS) is 24.0. The van der Waals surface area contributed by atoms with Crippen molar-refractivity contribution < 1.29 is 15.0 Å². The number of carbonyl (C=O) groups is 1. The maximum absolute atomic E-state index is 11.3. The highest BCUT2D eigenvalue weighted by Gasteiger charge is 2.31. The quantitative estimate of drug-likeness (QED) is 0.488. The molecule has 0 aliphatic carbocycles. The lowest BCUT2D eigenvalue weighted by Crippen LogP contribution is -2.25. The summed E-state index contributed by atoms with van der Waals surface area (Å²) in [6.07, 6.45) is -1.64. The first-order valence-electron chi connectivity index (χ1n) is 5.29. The molecule has 2 unspecified atom stereocenters. The number of β-amino-alcohol motifs (C(OH)–C–C–N with tert-alkyl or cyclic N) is 2. The van der Waals surface area contributed by atoms with Gasteiger partial charge in [-0.3, -0.25) is 4.79 Å². The van der Waals surface area contributed by atoms with Crippen molar-refractivity contribution in [3.05, 3.63) is 23.8 Å². The molecule has 1 fully saturated rings. The molecule has 0 spiro atoms. The Morgan fingerprint density at radius 3 is 2.41 bits per heavy atom. The summed E-state index contributed by atoms with van der Waals surface area (Å²) in [6, 6.07) is 4.75. The van der Waals surface area contributed by atoms with Crippen LogP contribution in [0, 0.1) is 0 Å². The summed E-state index contributed by atoms with van der Waals surface area (Å²) in [5.74, 6) is -0.559. The Kier molecular flexibility index (Phi) is 2.91. The van der Waals surface area contributed by atoms with E-state index in [0.29, 0.717) is 16.9 Å². The third kappa shape index (κ3) is 2.17. The molecular weight excluding hydrogens is 222 g/mol. The van der Waals surface area contributed by atoms with Crippen LogP contribution in [0.5, 0.6) is 0 Å². The van der Waals surface area contributed by atoms with Gasteiger partial charge in [0.05, 0.1) is 23.5 Å². The zero-order valence-electron chi connectivity index (χ0n) is 9.21. The number of hydrogen-bond acceptors (Lipinski definition) is 5. The molecule has 1 amide bonds. The lowest BCUT2D eigenvalue weighted by Gasteiger charge is -2.20. The molecule has 1 heterocycles. The van der Waals surface area contributed by atoms with Gasteiger partial charge in [0.1, 0.15) is 0 Å². The molecule has 0 saturated carbocycles. The Morgan fingerprint density at radius 2 is 1.88 bits per heavy atom. The smallest absolute Gasteiger partial charge is 0.250 e. The lowest BCUT2D eigenvalue weighted by molar-refractivity contribution is 0.0572. The molecule has 0 bridgehead atoms. The number of nitrogen functional groups attached to an aromatic ring is 1. The lowest BCUT2D eigenvalue weighted by atomic mass is 10.1. The first-order valence-corrected chi connectivity index (χ1v) is 5.29. The second kappa shape index (κ2) is 4.23. The van der Waals surface area contributed by atoms with Crippen LogP contribution in [0.25, 0.3) is 0 Å². The minimum Gasteiger partial charge on any atom is -0.399 e. The van der Waals surface area contributed by atoms with E-state index in [1.807, 2.05) is 0 Å². The Bertz CT molecular complexity index is 440. The van der Waals surface area contributed by atoms with Crippen LogP contribution >= 0.6 is 0 Å². The van der Waals surface area contributed by atoms with Gasteiger partial charge in [0.2, 0.25) is 0 Å². The van der Waals surface area contributed by atoms with Crippen LogP contribution in [0.15, 0.2) is 18.2 Å². The largest absolute Gasteiger partial charge is 0.399 e. The van der Waals surface area contributed by atoms with E-state index in [4.69, 9.17) is 11.5 Å². The number of anilines is 2. The number of hydrogen-bond donors (Lipinski definition) is 4. The molecule has 92 valence electrons. The molecule has 1 saturated heterocycles. The van der Waals surface area contributed by atoms with E-state index in [-0.39, 0.29) is 13.1 Å². The maximum atomic E-state index is 11.3. The Morgan fingerprint density at radius 1 is 1.29 bits per heavy atom. The number of nitrogens with two attached hydrogens (primary N) is 2. The van der Waals surface area contributed by atoms with Crippen LogP contribution < -0.4 is 16.4 Å². The predicted molar refractivity (Wildman–Crippen MR) is 63.6 cm³/mol. The minimum atomic E-state index is -0.822. The molecule has 6 nitrogen and oxygen atoms in total. The van der Waals surface area contributed by atoms with Crippen LogP contribution in [-0.2, 0) is 0 Å². The summed E-state index contributed by atoms with van der Waals surface area (Å²) < 4.78 is 0. The van der Waals surface area contributed by atoms with Gasteiger partial charge in [0, 0.05) is 18.8 Å². The Balaban J connectivity index is 2.37. The third-order valence-electron chi connectivity index (χ3n) is 2.89. The predicted octanol–water partition coefficient (Wildman–Crippen LogP) is -1.09. The molecule has 1 aliphatic rings. The molecule has 17 heavy (non-hydrogen) atoms. The zero-order chi connectivity index (χ0) is 12.6. The van der Waals surface area contributed by atoms with E-state index in [9.17, 15) is 15.0 Å². The van der Waals surface area contributed by atoms with Gasteiger partial charge in [-0.25, -0.2) is 0 Å². The molecule has 1 aromatic carbocycles. The van der Waals surface area contributed by atoms with Crippen molar-refractivity contribution in [3.63, 3.8) is 0 Å². The Hall–Kier alpha value is -1.79. The molecular formula is C11H15N3O3. The third-order valence-corrected chi connectivity index (χ3v) is 2.89. The number of aliphatic hydroxyl groups is 2. The summed E-state index contributed by atoms with van der Waals surface area (Å²) in [5, 5.41) is 19.0. The van der Waals surface area contributed by atoms with E-state index in [1.54, 1.807) is 23.1 Å². The van der Waals surface area contributed by atoms with E-state index in [1.165, 1.54) is 0 Å². The summed E-state index contributed by atoms with van der Waals surface area (Å²) in [6.45, 7) is 0.510. The number of primary amides is 1. The maximum Gasteiger partial charge on any atom is 0.250 e. The molecule has 6 N–H and O–H groups in total. The minimum absolute atomic E-state index is 0.255. The number of rotatable bonds is 2. The van der Waals surface area contributed by atoms with Gasteiger partial charge in [0.15, 0.2) is 0 Å². The number of aliphatic hydroxyl groups excluding tert-OH is 2. The fourth-order valence-electron chi connectivity index (χ4n) is 1.98. The van der Waals surface area contributed by atoms with Crippen LogP contribution in [0.1, 0.15) is 10.4 Å². The summed E-state index contributed by atoms with van der Waals surface area (Å²) in [4.78, 5) is 13.0. The van der Waals surface area contributed by atoms with Gasteiger partial charge >= 0.3 is 0 Å². The van der Waals surface area contributed by atoms with Crippen molar-refractivity contribution in [1.29, 1.82) is 0 Å². The highest BCUT2D eigenvalue weighted by molar-refractivity contribution is 5.99. The van der Waals surface area contributed by atoms with E-state index < -0.39 is 18.1 Å². The molecule has 1 aromatic rings. The van der Waals surface area contributed by atoms with E-state index in [0.717, 1.165) is 0 Å². The van der Waals surface area contributed by atoms with Gasteiger partial charge in [-0.2, -0.15) is 0 Å². The summed E-state index contributed by atoms with van der Waals surface area (Å²) in [5.41, 5.74) is 12.3. The van der Waals surface area contributed by atoms with Crippen LogP contribution in [0.3, 0.4) is 0 Å². The molecule has 1 aliphatic heterocycles. The van der Waals surface area contributed by atoms with Crippen LogP contribution in [0.2, 0.25) is 0 Å². The van der Waals surface area contributed by atoms with Crippen molar-refractivity contribution in [2.75, 3.05) is 23.7 Å². The fraction of sp³-hybridized carbons (Fsp3) is 0.364. The SMILES string of the molecule is NC(=O)c1ccc(N)cc1N1CC(O)C(O)C1. The standard InChI is InChI=1S/C11H15N3O3/c12-6-1-2-7(11(13)17)8(3-6)14-4-9(15)10(16)5-14/h1-3,9-10,15-16H,4-5,12H2,(H2,13,17). The summed E-state index contributed by atoms with van der Waals surface area (Å²) >= 11 is 0. The van der Waals surface area contributed by atoms with Crippen molar-refractivity contribution >= 4 is 17.3 Å². The molecule has 0 aromatic heterocycles. The first-order chi connectivity index (χ1) is 7.99. The average Bonchev–Trinajstić information content (AvgIpc) is 2.58. The first kappa shape index (κ1) is 11.7. The second-order valence-corrected chi connectivity index (χ2v) is 4.18. The highest BCUT2D eigenvalue weighted by atomic mass is 16.3. The molecule has 6 heteroatoms.